The predicted octanol–water partition coefficient (Wildman–Crippen LogP) is 4.55. The lowest BCUT2D eigenvalue weighted by Crippen LogP contribution is -2.43. The van der Waals surface area contributed by atoms with Gasteiger partial charge in [-0.2, -0.15) is 0 Å². The zero-order valence-electron chi connectivity index (χ0n) is 19.2. The number of carbonyl (C=O) groups excluding carboxylic acids is 3. The first kappa shape index (κ1) is 22.8. The van der Waals surface area contributed by atoms with Gasteiger partial charge < -0.3 is 14.8 Å². The smallest absolute Gasteiger partial charge is 0.337 e. The number of hydrogen-bond donors (Lipinski definition) is 1. The highest BCUT2D eigenvalue weighted by molar-refractivity contribution is 7.12. The van der Waals surface area contributed by atoms with E-state index in [0.717, 1.165) is 46.8 Å². The molecule has 4 rings (SSSR count). The molecule has 6 nitrogen and oxygen atoms in total. The molecule has 0 radical (unpaired) electrons. The Kier molecular flexibility index (Phi) is 6.56. The van der Waals surface area contributed by atoms with Gasteiger partial charge in [0.05, 0.1) is 18.6 Å². The van der Waals surface area contributed by atoms with E-state index in [0.29, 0.717) is 17.6 Å². The summed E-state index contributed by atoms with van der Waals surface area (Å²) >= 11 is 1.57. The lowest BCUT2D eigenvalue weighted by atomic mass is 9.70. The van der Waals surface area contributed by atoms with Crippen molar-refractivity contribution in [3.05, 3.63) is 44.4 Å². The molecule has 0 aromatic carbocycles. The monoisotopic (exact) mass is 457 g/mol. The summed E-state index contributed by atoms with van der Waals surface area (Å²) < 4.78 is 10.9. The highest BCUT2D eigenvalue weighted by Gasteiger charge is 2.47. The zero-order valence-corrected chi connectivity index (χ0v) is 20.0. The molecule has 3 unspecified atom stereocenters. The van der Waals surface area contributed by atoms with E-state index in [4.69, 9.17) is 9.47 Å². The molecule has 1 aromatic rings. The number of ether oxygens (including phenoxy) is 2. The average molecular weight is 458 g/mol. The van der Waals surface area contributed by atoms with E-state index in [1.54, 1.807) is 11.3 Å². The maximum absolute atomic E-state index is 13.7. The summed E-state index contributed by atoms with van der Waals surface area (Å²) in [6.07, 6.45) is 5.52. The number of carbonyl (C=O) groups is 3. The Morgan fingerprint density at radius 2 is 1.84 bits per heavy atom. The molecule has 1 aromatic heterocycles. The summed E-state index contributed by atoms with van der Waals surface area (Å²) in [5, 5.41) is 3.32. The Labute approximate surface area is 193 Å². The van der Waals surface area contributed by atoms with Crippen molar-refractivity contribution in [2.45, 2.75) is 71.3 Å². The molecule has 3 atom stereocenters. The van der Waals surface area contributed by atoms with Crippen molar-refractivity contribution in [2.75, 3.05) is 7.11 Å². The highest BCUT2D eigenvalue weighted by atomic mass is 32.1. The first-order valence-corrected chi connectivity index (χ1v) is 12.2. The van der Waals surface area contributed by atoms with Crippen molar-refractivity contribution in [3.8, 4) is 0 Å². The highest BCUT2D eigenvalue weighted by Crippen LogP contribution is 2.47. The molecular formula is C25H31NO5S. The Morgan fingerprint density at radius 3 is 2.47 bits per heavy atom. The van der Waals surface area contributed by atoms with Gasteiger partial charge in [0.15, 0.2) is 5.78 Å². The van der Waals surface area contributed by atoms with E-state index < -0.39 is 17.8 Å². The predicted molar refractivity (Wildman–Crippen MR) is 122 cm³/mol. The van der Waals surface area contributed by atoms with Crippen LogP contribution in [0.2, 0.25) is 0 Å². The van der Waals surface area contributed by atoms with Crippen LogP contribution in [-0.2, 0) is 23.9 Å². The van der Waals surface area contributed by atoms with Crippen molar-refractivity contribution >= 4 is 29.1 Å². The minimum absolute atomic E-state index is 0.0810. The molecular weight excluding hydrogens is 426 g/mol. The molecule has 3 aliphatic rings. The molecule has 1 aliphatic heterocycles. The van der Waals surface area contributed by atoms with Crippen molar-refractivity contribution in [2.24, 2.45) is 11.8 Å². The molecule has 7 heteroatoms. The number of Topliss-reactive ketones (excluding diaryl/α,β-unsaturated/α-hetero) is 1. The van der Waals surface area contributed by atoms with Crippen LogP contribution in [0.3, 0.4) is 0 Å². The summed E-state index contributed by atoms with van der Waals surface area (Å²) in [6.45, 7) is 5.76. The van der Waals surface area contributed by atoms with Crippen LogP contribution < -0.4 is 5.32 Å². The molecule has 0 spiro atoms. The summed E-state index contributed by atoms with van der Waals surface area (Å²) in [6, 6.07) is 3.97. The van der Waals surface area contributed by atoms with Gasteiger partial charge in [0.1, 0.15) is 12.0 Å². The minimum atomic E-state index is -0.863. The molecule has 0 bridgehead atoms. The van der Waals surface area contributed by atoms with Crippen LogP contribution in [0.15, 0.2) is 34.7 Å². The summed E-state index contributed by atoms with van der Waals surface area (Å²) in [5.74, 6) is -2.73. The van der Waals surface area contributed by atoms with Gasteiger partial charge in [0.2, 0.25) is 0 Å². The van der Waals surface area contributed by atoms with E-state index >= 15 is 0 Å². The average Bonchev–Trinajstić information content (AvgIpc) is 3.19. The lowest BCUT2D eigenvalue weighted by molar-refractivity contribution is -0.151. The van der Waals surface area contributed by atoms with Gasteiger partial charge in [-0.3, -0.25) is 9.59 Å². The summed E-state index contributed by atoms with van der Waals surface area (Å²) in [4.78, 5) is 41.6. The van der Waals surface area contributed by atoms with Crippen LogP contribution in [0.4, 0.5) is 0 Å². The number of ketones is 1. The fraction of sp³-hybridized carbons (Fsp3) is 0.560. The number of rotatable bonds is 4. The standard InChI is InChI=1S/C25H31NO5S/c1-13-12-17-21(23(27)19(13)24(28)30-4)22(18-11-10-14(2)32-18)20(15(3)26-17)25(29)31-16-8-6-5-7-9-16/h10-11,13,16,19,22,26H,5-9,12H2,1-4H3. The van der Waals surface area contributed by atoms with E-state index in [9.17, 15) is 14.4 Å². The second-order valence-corrected chi connectivity index (χ2v) is 10.5. The molecule has 1 fully saturated rings. The fourth-order valence-corrected chi connectivity index (χ4v) is 6.24. The Hall–Kier alpha value is -2.41. The van der Waals surface area contributed by atoms with Crippen molar-refractivity contribution in [3.63, 3.8) is 0 Å². The number of esters is 2. The minimum Gasteiger partial charge on any atom is -0.468 e. The molecule has 0 saturated heterocycles. The number of thiophene rings is 1. The number of dihydropyridines is 1. The number of methoxy groups -OCH3 is 1. The lowest BCUT2D eigenvalue weighted by Gasteiger charge is -2.38. The maximum Gasteiger partial charge on any atom is 0.337 e. The third-order valence-electron chi connectivity index (χ3n) is 6.83. The molecule has 32 heavy (non-hydrogen) atoms. The van der Waals surface area contributed by atoms with E-state index in [1.165, 1.54) is 13.5 Å². The normalized spacial score (nSPS) is 26.5. The van der Waals surface area contributed by atoms with Crippen LogP contribution in [-0.4, -0.2) is 30.9 Å². The largest absolute Gasteiger partial charge is 0.468 e. The summed E-state index contributed by atoms with van der Waals surface area (Å²) in [7, 11) is 1.31. The van der Waals surface area contributed by atoms with E-state index in [1.807, 2.05) is 32.9 Å². The third-order valence-corrected chi connectivity index (χ3v) is 7.90. The molecule has 0 amide bonds. The van der Waals surface area contributed by atoms with Crippen LogP contribution in [0.5, 0.6) is 0 Å². The van der Waals surface area contributed by atoms with Gasteiger partial charge in [-0.25, -0.2) is 4.79 Å². The second kappa shape index (κ2) is 9.22. The van der Waals surface area contributed by atoms with Gasteiger partial charge in [-0.05, 0) is 64.0 Å². The van der Waals surface area contributed by atoms with Crippen LogP contribution >= 0.6 is 11.3 Å². The Balaban J connectivity index is 1.75. The molecule has 1 N–H and O–H groups in total. The van der Waals surface area contributed by atoms with Gasteiger partial charge in [0, 0.05) is 26.7 Å². The van der Waals surface area contributed by atoms with Crippen molar-refractivity contribution < 1.29 is 23.9 Å². The zero-order chi connectivity index (χ0) is 23.0. The quantitative estimate of drug-likeness (QED) is 0.528. The van der Waals surface area contributed by atoms with Gasteiger partial charge in [-0.15, -0.1) is 11.3 Å². The van der Waals surface area contributed by atoms with Crippen LogP contribution in [0.1, 0.15) is 68.0 Å². The SMILES string of the molecule is COC(=O)C1C(=O)C2=C(CC1C)NC(C)=C(C(=O)OC1CCCCC1)C2c1ccc(C)s1. The fourth-order valence-electron chi connectivity index (χ4n) is 5.24. The van der Waals surface area contributed by atoms with Crippen molar-refractivity contribution in [1.29, 1.82) is 0 Å². The number of allylic oxidation sites excluding steroid dienone is 3. The second-order valence-electron chi connectivity index (χ2n) is 9.15. The van der Waals surface area contributed by atoms with Gasteiger partial charge >= 0.3 is 11.9 Å². The number of nitrogens with one attached hydrogen (secondary N) is 1. The Morgan fingerprint density at radius 1 is 1.12 bits per heavy atom. The van der Waals surface area contributed by atoms with E-state index in [-0.39, 0.29) is 23.8 Å². The molecule has 172 valence electrons. The number of hydrogen-bond acceptors (Lipinski definition) is 7. The van der Waals surface area contributed by atoms with E-state index in [2.05, 4.69) is 5.32 Å². The first-order chi connectivity index (χ1) is 15.3. The molecule has 2 heterocycles. The van der Waals surface area contributed by atoms with Gasteiger partial charge in [-0.1, -0.05) is 13.3 Å². The first-order valence-electron chi connectivity index (χ1n) is 11.4. The topological polar surface area (TPSA) is 81.7 Å². The number of aryl methyl sites for hydroxylation is 1. The van der Waals surface area contributed by atoms with Crippen LogP contribution in [0, 0.1) is 18.8 Å². The molecule has 1 saturated carbocycles. The Bertz CT molecular complexity index is 998. The van der Waals surface area contributed by atoms with Crippen LogP contribution in [0.25, 0.3) is 0 Å². The molecule has 2 aliphatic carbocycles. The summed E-state index contributed by atoms with van der Waals surface area (Å²) in [5.41, 5.74) is 2.49. The van der Waals surface area contributed by atoms with Crippen molar-refractivity contribution in [1.82, 2.24) is 5.32 Å². The third kappa shape index (κ3) is 4.15. The maximum atomic E-state index is 13.7. The van der Waals surface area contributed by atoms with Gasteiger partial charge in [0.25, 0.3) is 0 Å².